The number of aryl methyl sites for hydroxylation is 1. The van der Waals surface area contributed by atoms with Crippen LogP contribution in [0.3, 0.4) is 0 Å². The average molecular weight is 446 g/mol. The summed E-state index contributed by atoms with van der Waals surface area (Å²) in [5, 5.41) is 15.9. The van der Waals surface area contributed by atoms with Crippen molar-refractivity contribution >= 4 is 11.9 Å². The maximum absolute atomic E-state index is 12.2. The fourth-order valence-corrected chi connectivity index (χ4v) is 3.75. The van der Waals surface area contributed by atoms with Crippen LogP contribution in [0.5, 0.6) is 5.88 Å². The third-order valence-electron chi connectivity index (χ3n) is 5.82. The molecule has 9 nitrogen and oxygen atoms in total. The molecule has 1 saturated heterocycles. The molecule has 1 unspecified atom stereocenters. The Morgan fingerprint density at radius 3 is 2.72 bits per heavy atom. The van der Waals surface area contributed by atoms with Gasteiger partial charge in [0.25, 0.3) is 5.91 Å². The molecular weight excluding hydrogens is 410 g/mol. The quantitative estimate of drug-likeness (QED) is 0.537. The zero-order valence-electron chi connectivity index (χ0n) is 19.5. The van der Waals surface area contributed by atoms with Gasteiger partial charge < -0.3 is 24.6 Å². The Hall–Kier alpha value is -2.68. The molecule has 32 heavy (non-hydrogen) atoms. The summed E-state index contributed by atoms with van der Waals surface area (Å²) in [6.45, 7) is 10.1. The topological polar surface area (TPSA) is 114 Å². The summed E-state index contributed by atoms with van der Waals surface area (Å²) in [6, 6.07) is 2.13. The molecule has 1 aliphatic heterocycles. The second-order valence-corrected chi connectivity index (χ2v) is 8.91. The summed E-state index contributed by atoms with van der Waals surface area (Å²) < 4.78 is 11.2. The van der Waals surface area contributed by atoms with Gasteiger partial charge in [-0.2, -0.15) is 4.98 Å². The molecule has 9 heteroatoms. The average Bonchev–Trinajstić information content (AvgIpc) is 3.28. The number of pyridine rings is 1. The predicted octanol–water partition coefficient (Wildman–Crippen LogP) is 3.08. The van der Waals surface area contributed by atoms with E-state index in [2.05, 4.69) is 39.2 Å². The van der Waals surface area contributed by atoms with Crippen LogP contribution in [0.25, 0.3) is 0 Å². The number of hydrogen-bond acceptors (Lipinski definition) is 8. The van der Waals surface area contributed by atoms with Crippen LogP contribution in [0, 0.1) is 12.8 Å². The molecule has 0 radical (unpaired) electrons. The zero-order valence-corrected chi connectivity index (χ0v) is 19.5. The lowest BCUT2D eigenvalue weighted by Gasteiger charge is -2.30. The van der Waals surface area contributed by atoms with Crippen molar-refractivity contribution in [3.05, 3.63) is 29.2 Å². The first kappa shape index (κ1) is 24.0. The Balaban J connectivity index is 1.37. The SMILES string of the molecule is Cc1cc(OCCCC2CCN(c3nc(C(C)C)no3)CC2)ncc1C(=O)NC(C)CO. The number of aromatic nitrogens is 3. The summed E-state index contributed by atoms with van der Waals surface area (Å²) in [7, 11) is 0. The maximum atomic E-state index is 12.2. The van der Waals surface area contributed by atoms with Crippen LogP contribution in [0.15, 0.2) is 16.8 Å². The Labute approximate surface area is 189 Å². The predicted molar refractivity (Wildman–Crippen MR) is 121 cm³/mol. The van der Waals surface area contributed by atoms with Crippen molar-refractivity contribution in [2.45, 2.75) is 65.3 Å². The number of nitrogens with zero attached hydrogens (tertiary/aromatic N) is 4. The molecule has 2 aromatic heterocycles. The molecule has 0 saturated carbocycles. The first-order valence-corrected chi connectivity index (χ1v) is 11.5. The van der Waals surface area contributed by atoms with Crippen LogP contribution < -0.4 is 15.0 Å². The van der Waals surface area contributed by atoms with E-state index in [1.54, 1.807) is 13.0 Å². The number of hydrogen-bond donors (Lipinski definition) is 2. The van der Waals surface area contributed by atoms with Gasteiger partial charge in [-0.1, -0.05) is 19.0 Å². The highest BCUT2D eigenvalue weighted by molar-refractivity contribution is 5.95. The van der Waals surface area contributed by atoms with Gasteiger partial charge in [-0.25, -0.2) is 4.98 Å². The minimum atomic E-state index is -0.297. The maximum Gasteiger partial charge on any atom is 0.324 e. The normalized spacial score (nSPS) is 15.8. The van der Waals surface area contributed by atoms with E-state index in [-0.39, 0.29) is 24.5 Å². The van der Waals surface area contributed by atoms with E-state index in [1.807, 2.05) is 6.92 Å². The van der Waals surface area contributed by atoms with Gasteiger partial charge >= 0.3 is 6.01 Å². The highest BCUT2D eigenvalue weighted by atomic mass is 16.5. The molecule has 176 valence electrons. The molecule has 0 bridgehead atoms. The Morgan fingerprint density at radius 2 is 2.09 bits per heavy atom. The summed E-state index contributed by atoms with van der Waals surface area (Å²) >= 11 is 0. The first-order valence-electron chi connectivity index (χ1n) is 11.5. The smallest absolute Gasteiger partial charge is 0.324 e. The molecule has 1 atom stereocenters. The highest BCUT2D eigenvalue weighted by Crippen LogP contribution is 2.26. The Morgan fingerprint density at radius 1 is 1.34 bits per heavy atom. The number of piperidine rings is 1. The number of anilines is 1. The Kier molecular flexibility index (Phi) is 8.44. The Bertz CT molecular complexity index is 877. The highest BCUT2D eigenvalue weighted by Gasteiger charge is 2.23. The standard InChI is InChI=1S/C23H35N5O4/c1-15(2)21-26-23(32-27-21)28-9-7-18(8-10-28)6-5-11-31-20-12-16(3)19(13-24-20)22(30)25-17(4)14-29/h12-13,15,17-18,29H,5-11,14H2,1-4H3,(H,25,30). The number of amides is 1. The summed E-state index contributed by atoms with van der Waals surface area (Å²) in [5.74, 6) is 1.98. The first-order chi connectivity index (χ1) is 15.4. The number of ether oxygens (including phenoxy) is 1. The molecule has 1 fully saturated rings. The zero-order chi connectivity index (χ0) is 23.1. The lowest BCUT2D eigenvalue weighted by Crippen LogP contribution is -2.35. The molecule has 1 amide bonds. The van der Waals surface area contributed by atoms with Gasteiger partial charge in [0.05, 0.1) is 18.8 Å². The van der Waals surface area contributed by atoms with E-state index in [0.29, 0.717) is 30.0 Å². The minimum Gasteiger partial charge on any atom is -0.478 e. The molecule has 3 heterocycles. The second kappa shape index (κ2) is 11.3. The summed E-state index contributed by atoms with van der Waals surface area (Å²) in [4.78, 5) is 23.1. The van der Waals surface area contributed by atoms with Crippen molar-refractivity contribution in [2.75, 3.05) is 31.2 Å². The van der Waals surface area contributed by atoms with Crippen LogP contribution >= 0.6 is 0 Å². The van der Waals surface area contributed by atoms with Gasteiger partial charge in [0.1, 0.15) is 0 Å². The fraction of sp³-hybridized carbons (Fsp3) is 0.652. The van der Waals surface area contributed by atoms with Gasteiger partial charge in [-0.05, 0) is 51.0 Å². The van der Waals surface area contributed by atoms with Crippen LogP contribution in [0.1, 0.15) is 74.1 Å². The van der Waals surface area contributed by atoms with Crippen molar-refractivity contribution in [1.82, 2.24) is 20.4 Å². The number of carbonyl (C=O) groups is 1. The van der Waals surface area contributed by atoms with Crippen molar-refractivity contribution in [2.24, 2.45) is 5.92 Å². The lowest BCUT2D eigenvalue weighted by molar-refractivity contribution is 0.0921. The molecule has 0 aromatic carbocycles. The molecule has 0 spiro atoms. The number of aliphatic hydroxyl groups is 1. The van der Waals surface area contributed by atoms with Crippen molar-refractivity contribution < 1.29 is 19.2 Å². The lowest BCUT2D eigenvalue weighted by atomic mass is 9.92. The largest absolute Gasteiger partial charge is 0.478 e. The van der Waals surface area contributed by atoms with Crippen molar-refractivity contribution in [1.29, 1.82) is 0 Å². The van der Waals surface area contributed by atoms with Gasteiger partial charge in [0.2, 0.25) is 5.88 Å². The summed E-state index contributed by atoms with van der Waals surface area (Å²) in [5.41, 5.74) is 1.29. The second-order valence-electron chi connectivity index (χ2n) is 8.91. The van der Waals surface area contributed by atoms with E-state index in [1.165, 1.54) is 6.20 Å². The van der Waals surface area contributed by atoms with Crippen molar-refractivity contribution in [3.8, 4) is 5.88 Å². The summed E-state index contributed by atoms with van der Waals surface area (Å²) in [6.07, 6.45) is 5.80. The third-order valence-corrected chi connectivity index (χ3v) is 5.82. The molecule has 3 rings (SSSR count). The molecular formula is C23H35N5O4. The molecule has 2 aromatic rings. The molecule has 2 N–H and O–H groups in total. The monoisotopic (exact) mass is 445 g/mol. The van der Waals surface area contributed by atoms with E-state index in [9.17, 15) is 4.79 Å². The molecule has 0 aliphatic carbocycles. The van der Waals surface area contributed by atoms with Gasteiger partial charge in [0.15, 0.2) is 5.82 Å². The molecule has 1 aliphatic rings. The van der Waals surface area contributed by atoms with Gasteiger partial charge in [-0.3, -0.25) is 4.79 Å². The van der Waals surface area contributed by atoms with E-state index in [4.69, 9.17) is 14.4 Å². The van der Waals surface area contributed by atoms with Gasteiger partial charge in [0, 0.05) is 37.3 Å². The van der Waals surface area contributed by atoms with Crippen LogP contribution in [-0.2, 0) is 0 Å². The van der Waals surface area contributed by atoms with E-state index < -0.39 is 0 Å². The van der Waals surface area contributed by atoms with Crippen molar-refractivity contribution in [3.63, 3.8) is 0 Å². The van der Waals surface area contributed by atoms with E-state index >= 15 is 0 Å². The van der Waals surface area contributed by atoms with E-state index in [0.717, 1.165) is 50.2 Å². The van der Waals surface area contributed by atoms with Gasteiger partial charge in [-0.15, -0.1) is 0 Å². The number of carbonyl (C=O) groups excluding carboxylic acids is 1. The number of rotatable bonds is 10. The minimum absolute atomic E-state index is 0.103. The van der Waals surface area contributed by atoms with Crippen LogP contribution in [0.4, 0.5) is 6.01 Å². The third kappa shape index (κ3) is 6.41. The van der Waals surface area contributed by atoms with Crippen LogP contribution in [-0.4, -0.2) is 58.5 Å². The fourth-order valence-electron chi connectivity index (χ4n) is 3.75. The number of nitrogens with one attached hydrogen (secondary N) is 1. The van der Waals surface area contributed by atoms with Crippen LogP contribution in [0.2, 0.25) is 0 Å². The number of aliphatic hydroxyl groups excluding tert-OH is 1.